The van der Waals surface area contributed by atoms with E-state index in [0.717, 1.165) is 60.0 Å². The highest BCUT2D eigenvalue weighted by molar-refractivity contribution is 7.98. The van der Waals surface area contributed by atoms with Crippen LogP contribution in [0, 0.1) is 6.92 Å². The summed E-state index contributed by atoms with van der Waals surface area (Å²) in [5.74, 6) is 0.978. The topological polar surface area (TPSA) is 95.9 Å². The molecule has 0 amide bonds. The highest BCUT2D eigenvalue weighted by Gasteiger charge is 2.19. The number of pyridine rings is 3. The van der Waals surface area contributed by atoms with Crippen molar-refractivity contribution in [1.82, 2.24) is 15.0 Å². The zero-order valence-corrected chi connectivity index (χ0v) is 20.7. The predicted molar refractivity (Wildman–Crippen MR) is 144 cm³/mol. The van der Waals surface area contributed by atoms with Gasteiger partial charge in [-0.15, -0.1) is 11.8 Å². The highest BCUT2D eigenvalue weighted by Crippen LogP contribution is 2.26. The van der Waals surface area contributed by atoms with E-state index in [2.05, 4.69) is 67.4 Å². The Balaban J connectivity index is 1.26. The lowest BCUT2D eigenvalue weighted by atomic mass is 10.2. The van der Waals surface area contributed by atoms with Crippen LogP contribution in [0.25, 0.3) is 10.9 Å². The molecule has 1 saturated heterocycles. The maximum atomic E-state index is 5.90. The van der Waals surface area contributed by atoms with Gasteiger partial charge in [0, 0.05) is 48.9 Å². The van der Waals surface area contributed by atoms with Crippen LogP contribution in [-0.2, 0) is 6.54 Å². The van der Waals surface area contributed by atoms with Crippen LogP contribution in [0.15, 0.2) is 76.2 Å². The summed E-state index contributed by atoms with van der Waals surface area (Å²) in [5.41, 5.74) is 11.5. The number of hydrogen-bond acceptors (Lipinski definition) is 9. The lowest BCUT2D eigenvalue weighted by molar-refractivity contribution is 0.647. The Labute approximate surface area is 209 Å². The molecule has 9 heteroatoms. The van der Waals surface area contributed by atoms with Gasteiger partial charge >= 0.3 is 0 Å². The van der Waals surface area contributed by atoms with Gasteiger partial charge in [-0.1, -0.05) is 6.07 Å². The Hall–Kier alpha value is -3.72. The zero-order valence-electron chi connectivity index (χ0n) is 19.9. The molecule has 1 aliphatic rings. The Kier molecular flexibility index (Phi) is 6.76. The summed E-state index contributed by atoms with van der Waals surface area (Å²) in [5, 5.41) is 9.78. The Bertz CT molecular complexity index is 1360. The first-order chi connectivity index (χ1) is 17.1. The fraction of sp³-hybridized carbons (Fsp3) is 0.269. The van der Waals surface area contributed by atoms with E-state index >= 15 is 0 Å². The van der Waals surface area contributed by atoms with Gasteiger partial charge in [0.2, 0.25) is 0 Å². The minimum absolute atomic E-state index is 0.414. The summed E-state index contributed by atoms with van der Waals surface area (Å²) in [6, 6.07) is 14.3. The molecule has 0 unspecified atom stereocenters. The molecular formula is C26H28N8S. The van der Waals surface area contributed by atoms with Gasteiger partial charge in [0.1, 0.15) is 12.4 Å². The van der Waals surface area contributed by atoms with Crippen LogP contribution in [0.4, 0.5) is 22.9 Å². The minimum Gasteiger partial charge on any atom is -0.397 e. The molecule has 178 valence electrons. The number of hydrogen-bond donors (Lipinski definition) is 1. The van der Waals surface area contributed by atoms with E-state index in [1.807, 2.05) is 30.6 Å². The second kappa shape index (κ2) is 10.3. The minimum atomic E-state index is 0.414. The van der Waals surface area contributed by atoms with Crippen LogP contribution in [0.3, 0.4) is 0 Å². The van der Waals surface area contributed by atoms with Crippen LogP contribution in [0.2, 0.25) is 0 Å². The molecule has 1 fully saturated rings. The Morgan fingerprint density at radius 1 is 0.971 bits per heavy atom. The predicted octanol–water partition coefficient (Wildman–Crippen LogP) is 5.25. The van der Waals surface area contributed by atoms with Crippen molar-refractivity contribution < 1.29 is 0 Å². The van der Waals surface area contributed by atoms with E-state index in [-0.39, 0.29) is 0 Å². The first-order valence-corrected chi connectivity index (χ1v) is 12.8. The molecule has 2 N–H and O–H groups in total. The maximum Gasteiger partial charge on any atom is 0.129 e. The van der Waals surface area contributed by atoms with Gasteiger partial charge in [-0.3, -0.25) is 9.97 Å². The van der Waals surface area contributed by atoms with Gasteiger partial charge in [-0.2, -0.15) is 10.2 Å². The van der Waals surface area contributed by atoms with Crippen molar-refractivity contribution in [3.63, 3.8) is 0 Å². The van der Waals surface area contributed by atoms with Crippen LogP contribution < -0.4 is 15.5 Å². The summed E-state index contributed by atoms with van der Waals surface area (Å²) in [7, 11) is 0. The van der Waals surface area contributed by atoms with Crippen molar-refractivity contribution in [2.75, 3.05) is 48.0 Å². The number of fused-ring (bicyclic) bond motifs is 1. The van der Waals surface area contributed by atoms with E-state index in [9.17, 15) is 0 Å². The number of rotatable bonds is 6. The molecule has 4 heterocycles. The highest BCUT2D eigenvalue weighted by atomic mass is 32.2. The average molecular weight is 485 g/mol. The van der Waals surface area contributed by atoms with E-state index in [0.29, 0.717) is 12.2 Å². The number of anilines is 3. The molecule has 1 aromatic carbocycles. The molecule has 0 bridgehead atoms. The van der Waals surface area contributed by atoms with E-state index in [1.54, 1.807) is 18.0 Å². The monoisotopic (exact) mass is 484 g/mol. The molecule has 0 saturated carbocycles. The largest absolute Gasteiger partial charge is 0.397 e. The van der Waals surface area contributed by atoms with Crippen molar-refractivity contribution >= 4 is 45.5 Å². The third-order valence-corrected chi connectivity index (χ3v) is 7.02. The number of nitrogens with zero attached hydrogens (tertiary/aromatic N) is 7. The normalized spacial score (nSPS) is 14.2. The number of thioether (sulfide) groups is 1. The lowest BCUT2D eigenvalue weighted by Gasteiger charge is -2.36. The van der Waals surface area contributed by atoms with Crippen molar-refractivity contribution in [2.24, 2.45) is 10.2 Å². The van der Waals surface area contributed by atoms with Gasteiger partial charge in [0.15, 0.2) is 0 Å². The number of aromatic nitrogens is 3. The summed E-state index contributed by atoms with van der Waals surface area (Å²) in [6.07, 6.45) is 7.47. The summed E-state index contributed by atoms with van der Waals surface area (Å²) < 4.78 is 0. The fourth-order valence-electron chi connectivity index (χ4n) is 4.18. The first kappa shape index (κ1) is 23.0. The number of nitrogens with two attached hydrogens (primary N) is 1. The maximum absolute atomic E-state index is 5.90. The SMILES string of the molecule is CSc1cc(N=NCc2cc3nc(N4CCN(c5cncc(N)c5)CC4)ccc3cn2)ccc1C. The number of azo groups is 1. The van der Waals surface area contributed by atoms with Crippen molar-refractivity contribution in [3.05, 3.63) is 72.3 Å². The molecular weight excluding hydrogens is 456 g/mol. The van der Waals surface area contributed by atoms with E-state index < -0.39 is 0 Å². The molecule has 8 nitrogen and oxygen atoms in total. The summed E-state index contributed by atoms with van der Waals surface area (Å²) in [6.45, 7) is 6.07. The molecule has 0 spiro atoms. The van der Waals surface area contributed by atoms with Crippen LogP contribution in [-0.4, -0.2) is 47.4 Å². The third kappa shape index (κ3) is 5.35. The van der Waals surface area contributed by atoms with Gasteiger partial charge in [-0.25, -0.2) is 4.98 Å². The van der Waals surface area contributed by atoms with Crippen LogP contribution in [0.5, 0.6) is 0 Å². The molecule has 4 aromatic rings. The quantitative estimate of drug-likeness (QED) is 0.295. The van der Waals surface area contributed by atoms with Gasteiger partial charge in [0.25, 0.3) is 0 Å². The summed E-state index contributed by atoms with van der Waals surface area (Å²) in [4.78, 5) is 19.5. The number of benzene rings is 1. The molecule has 0 atom stereocenters. The van der Waals surface area contributed by atoms with Gasteiger partial charge < -0.3 is 15.5 Å². The van der Waals surface area contributed by atoms with E-state index in [4.69, 9.17) is 10.7 Å². The average Bonchev–Trinajstić information content (AvgIpc) is 2.89. The Morgan fingerprint density at radius 3 is 2.60 bits per heavy atom. The Morgan fingerprint density at radius 2 is 1.80 bits per heavy atom. The molecule has 5 rings (SSSR count). The first-order valence-electron chi connectivity index (χ1n) is 11.6. The van der Waals surface area contributed by atoms with E-state index in [1.165, 1.54) is 10.5 Å². The lowest BCUT2D eigenvalue weighted by Crippen LogP contribution is -2.46. The van der Waals surface area contributed by atoms with Crippen molar-refractivity contribution in [3.8, 4) is 0 Å². The standard InChI is InChI=1S/C26H28N8S/c1-18-3-5-21(13-25(18)35-2)32-30-16-22-12-24-19(14-29-22)4-6-26(31-24)34-9-7-33(8-10-34)23-11-20(27)15-28-17-23/h3-6,11-15,17H,7-10,16,27H2,1-2H3. The van der Waals surface area contributed by atoms with Crippen molar-refractivity contribution in [2.45, 2.75) is 18.4 Å². The number of nitrogen functional groups attached to an aromatic ring is 1. The van der Waals surface area contributed by atoms with Gasteiger partial charge in [0.05, 0.1) is 34.5 Å². The van der Waals surface area contributed by atoms with Crippen molar-refractivity contribution in [1.29, 1.82) is 0 Å². The molecule has 3 aromatic heterocycles. The third-order valence-electron chi connectivity index (χ3n) is 6.14. The number of piperazine rings is 1. The van der Waals surface area contributed by atoms with Crippen LogP contribution >= 0.6 is 11.8 Å². The second-order valence-corrected chi connectivity index (χ2v) is 9.39. The molecule has 1 aliphatic heterocycles. The fourth-order valence-corrected chi connectivity index (χ4v) is 4.81. The second-order valence-electron chi connectivity index (χ2n) is 8.54. The zero-order chi connectivity index (χ0) is 24.2. The molecule has 0 aliphatic carbocycles. The number of aryl methyl sites for hydroxylation is 1. The van der Waals surface area contributed by atoms with Gasteiger partial charge in [-0.05, 0) is 55.1 Å². The smallest absolute Gasteiger partial charge is 0.129 e. The summed E-state index contributed by atoms with van der Waals surface area (Å²) >= 11 is 1.72. The van der Waals surface area contributed by atoms with Crippen LogP contribution in [0.1, 0.15) is 11.3 Å². The molecule has 0 radical (unpaired) electrons. The molecule has 35 heavy (non-hydrogen) atoms.